The van der Waals surface area contributed by atoms with E-state index in [1.54, 1.807) is 7.11 Å². The first kappa shape index (κ1) is 18.0. The molecular formula is C18H29N3OS. The normalized spacial score (nSPS) is 18.8. The van der Waals surface area contributed by atoms with Crippen molar-refractivity contribution in [1.82, 2.24) is 10.2 Å². The number of guanidine groups is 1. The van der Waals surface area contributed by atoms with Gasteiger partial charge in [0.15, 0.2) is 5.96 Å². The van der Waals surface area contributed by atoms with Crippen molar-refractivity contribution in [2.45, 2.75) is 31.9 Å². The van der Waals surface area contributed by atoms with Gasteiger partial charge in [-0.2, -0.15) is 11.8 Å². The second-order valence-electron chi connectivity index (χ2n) is 5.68. The van der Waals surface area contributed by atoms with Gasteiger partial charge in [-0.15, -0.1) is 0 Å². The third-order valence-corrected chi connectivity index (χ3v) is 5.40. The highest BCUT2D eigenvalue weighted by atomic mass is 32.2. The quantitative estimate of drug-likeness (QED) is 0.640. The molecule has 0 amide bonds. The molecule has 2 rings (SSSR count). The number of nitrogens with zero attached hydrogens (tertiary/aromatic N) is 2. The molecule has 1 N–H and O–H groups in total. The van der Waals surface area contributed by atoms with Crippen LogP contribution in [0, 0.1) is 0 Å². The number of hydrogen-bond donors (Lipinski definition) is 1. The molecule has 1 heterocycles. The Bertz CT molecular complexity index is 507. The number of aliphatic imine (C=N–C) groups is 1. The number of nitrogens with one attached hydrogen (secondary N) is 1. The van der Waals surface area contributed by atoms with Gasteiger partial charge >= 0.3 is 0 Å². The number of ether oxygens (including phenoxy) is 1. The summed E-state index contributed by atoms with van der Waals surface area (Å²) in [6.07, 6.45) is 2.16. The monoisotopic (exact) mass is 335 g/mol. The maximum Gasteiger partial charge on any atom is 0.193 e. The first-order chi connectivity index (χ1) is 11.3. The van der Waals surface area contributed by atoms with E-state index in [1.807, 2.05) is 12.1 Å². The summed E-state index contributed by atoms with van der Waals surface area (Å²) in [5.41, 5.74) is 1.27. The molecule has 1 saturated heterocycles. The van der Waals surface area contributed by atoms with Gasteiger partial charge in [0.1, 0.15) is 5.75 Å². The van der Waals surface area contributed by atoms with Gasteiger partial charge in [0.2, 0.25) is 0 Å². The number of thioether (sulfide) groups is 1. The van der Waals surface area contributed by atoms with Gasteiger partial charge in [0, 0.05) is 37.2 Å². The number of rotatable bonds is 6. The van der Waals surface area contributed by atoms with E-state index in [0.29, 0.717) is 0 Å². The second-order valence-corrected chi connectivity index (χ2v) is 7.09. The van der Waals surface area contributed by atoms with E-state index < -0.39 is 0 Å². The van der Waals surface area contributed by atoms with Crippen molar-refractivity contribution in [3.05, 3.63) is 29.8 Å². The van der Waals surface area contributed by atoms with Gasteiger partial charge in [-0.25, -0.2) is 0 Å². The Morgan fingerprint density at radius 3 is 3.04 bits per heavy atom. The summed E-state index contributed by atoms with van der Waals surface area (Å²) in [6, 6.07) is 8.24. The SMILES string of the molecule is CCNC(=NCCc1cccc(OC)c1)N1CCSC(CC)C1. The van der Waals surface area contributed by atoms with Gasteiger partial charge < -0.3 is 15.0 Å². The molecule has 4 nitrogen and oxygen atoms in total. The first-order valence-electron chi connectivity index (χ1n) is 8.54. The summed E-state index contributed by atoms with van der Waals surface area (Å²) in [4.78, 5) is 7.25. The zero-order valence-corrected chi connectivity index (χ0v) is 15.4. The van der Waals surface area contributed by atoms with Gasteiger partial charge in [-0.05, 0) is 37.5 Å². The number of methoxy groups -OCH3 is 1. The Hall–Kier alpha value is -1.36. The van der Waals surface area contributed by atoms with Crippen LogP contribution in [0.3, 0.4) is 0 Å². The van der Waals surface area contributed by atoms with Crippen molar-refractivity contribution < 1.29 is 4.74 Å². The molecule has 0 spiro atoms. The predicted molar refractivity (Wildman–Crippen MR) is 101 cm³/mol. The summed E-state index contributed by atoms with van der Waals surface area (Å²) >= 11 is 2.09. The summed E-state index contributed by atoms with van der Waals surface area (Å²) in [5.74, 6) is 3.17. The molecule has 5 heteroatoms. The molecule has 0 bridgehead atoms. The fourth-order valence-electron chi connectivity index (χ4n) is 2.70. The molecule has 0 saturated carbocycles. The highest BCUT2D eigenvalue weighted by Crippen LogP contribution is 2.21. The summed E-state index contributed by atoms with van der Waals surface area (Å²) < 4.78 is 5.28. The minimum Gasteiger partial charge on any atom is -0.497 e. The van der Waals surface area contributed by atoms with E-state index in [-0.39, 0.29) is 0 Å². The number of benzene rings is 1. The van der Waals surface area contributed by atoms with Crippen LogP contribution < -0.4 is 10.1 Å². The fourth-order valence-corrected chi connectivity index (χ4v) is 3.88. The molecule has 1 atom stereocenters. The Labute approximate surface area is 144 Å². The average Bonchev–Trinajstić information content (AvgIpc) is 2.61. The molecule has 1 unspecified atom stereocenters. The molecule has 128 valence electrons. The van der Waals surface area contributed by atoms with Crippen molar-refractivity contribution in [3.8, 4) is 5.75 Å². The molecule has 1 aromatic carbocycles. The van der Waals surface area contributed by atoms with E-state index in [0.717, 1.165) is 49.6 Å². The molecule has 23 heavy (non-hydrogen) atoms. The Morgan fingerprint density at radius 1 is 1.43 bits per heavy atom. The lowest BCUT2D eigenvalue weighted by atomic mass is 10.1. The number of hydrogen-bond acceptors (Lipinski definition) is 3. The minimum absolute atomic E-state index is 0.728. The van der Waals surface area contributed by atoms with Crippen molar-refractivity contribution in [1.29, 1.82) is 0 Å². The largest absolute Gasteiger partial charge is 0.497 e. The second kappa shape index (κ2) is 9.71. The van der Waals surface area contributed by atoms with E-state index in [2.05, 4.69) is 48.0 Å². The van der Waals surface area contributed by atoms with Gasteiger partial charge in [0.25, 0.3) is 0 Å². The maximum absolute atomic E-state index is 5.28. The van der Waals surface area contributed by atoms with Crippen LogP contribution in [0.15, 0.2) is 29.3 Å². The summed E-state index contributed by atoms with van der Waals surface area (Å²) in [5, 5.41) is 4.18. The van der Waals surface area contributed by atoms with Crippen molar-refractivity contribution in [3.63, 3.8) is 0 Å². The van der Waals surface area contributed by atoms with Crippen molar-refractivity contribution >= 4 is 17.7 Å². The topological polar surface area (TPSA) is 36.9 Å². The van der Waals surface area contributed by atoms with Crippen LogP contribution in [0.25, 0.3) is 0 Å². The summed E-state index contributed by atoms with van der Waals surface area (Å²) in [7, 11) is 1.71. The average molecular weight is 336 g/mol. The first-order valence-corrected chi connectivity index (χ1v) is 9.59. The molecule has 0 aromatic heterocycles. The molecule has 1 fully saturated rings. The predicted octanol–water partition coefficient (Wildman–Crippen LogP) is 3.03. The zero-order chi connectivity index (χ0) is 16.5. The van der Waals surface area contributed by atoms with Gasteiger partial charge in [-0.1, -0.05) is 19.1 Å². The van der Waals surface area contributed by atoms with E-state index in [1.165, 1.54) is 17.7 Å². The standard InChI is InChI=1S/C18H29N3OS/c1-4-17-14-21(11-12-23-17)18(19-5-2)20-10-9-15-7-6-8-16(13-15)22-3/h6-8,13,17H,4-5,9-12,14H2,1-3H3,(H,19,20). The lowest BCUT2D eigenvalue weighted by Crippen LogP contribution is -2.48. The van der Waals surface area contributed by atoms with Crippen LogP contribution in [0.2, 0.25) is 0 Å². The third-order valence-electron chi connectivity index (χ3n) is 4.02. The molecule has 1 aromatic rings. The Kier molecular flexibility index (Phi) is 7.59. The van der Waals surface area contributed by atoms with Gasteiger partial charge in [-0.3, -0.25) is 4.99 Å². The van der Waals surface area contributed by atoms with E-state index in [4.69, 9.17) is 9.73 Å². The molecule has 0 aliphatic carbocycles. The Morgan fingerprint density at radius 2 is 2.30 bits per heavy atom. The lowest BCUT2D eigenvalue weighted by Gasteiger charge is -2.34. The van der Waals surface area contributed by atoms with Crippen LogP contribution in [0.4, 0.5) is 0 Å². The molecular weight excluding hydrogens is 306 g/mol. The van der Waals surface area contributed by atoms with Gasteiger partial charge in [0.05, 0.1) is 7.11 Å². The molecule has 0 radical (unpaired) electrons. The van der Waals surface area contributed by atoms with Crippen LogP contribution in [0.1, 0.15) is 25.8 Å². The van der Waals surface area contributed by atoms with Crippen LogP contribution in [-0.4, -0.2) is 55.2 Å². The maximum atomic E-state index is 5.28. The molecule has 1 aliphatic rings. The van der Waals surface area contributed by atoms with E-state index in [9.17, 15) is 0 Å². The van der Waals surface area contributed by atoms with Crippen LogP contribution in [0.5, 0.6) is 5.75 Å². The van der Waals surface area contributed by atoms with Crippen molar-refractivity contribution in [2.24, 2.45) is 4.99 Å². The minimum atomic E-state index is 0.728. The van der Waals surface area contributed by atoms with Crippen molar-refractivity contribution in [2.75, 3.05) is 39.0 Å². The van der Waals surface area contributed by atoms with Crippen LogP contribution >= 0.6 is 11.8 Å². The smallest absolute Gasteiger partial charge is 0.193 e. The highest BCUT2D eigenvalue weighted by Gasteiger charge is 2.21. The fraction of sp³-hybridized carbons (Fsp3) is 0.611. The summed E-state index contributed by atoms with van der Waals surface area (Å²) in [6.45, 7) is 8.31. The highest BCUT2D eigenvalue weighted by molar-refractivity contribution is 8.00. The zero-order valence-electron chi connectivity index (χ0n) is 14.5. The van der Waals surface area contributed by atoms with Crippen LogP contribution in [-0.2, 0) is 6.42 Å². The Balaban J connectivity index is 1.95. The molecule has 1 aliphatic heterocycles. The lowest BCUT2D eigenvalue weighted by molar-refractivity contribution is 0.408. The third kappa shape index (κ3) is 5.65. The van der Waals surface area contributed by atoms with E-state index >= 15 is 0 Å².